The number of benzene rings is 1. The van der Waals surface area contributed by atoms with Gasteiger partial charge in [-0.15, -0.1) is 0 Å². The first-order chi connectivity index (χ1) is 18.2. The molecule has 16 heteroatoms. The number of carbonyl (C=O) groups excluding carboxylic acids is 3. The number of aliphatic hydroxyl groups is 1. The number of carbonyl (C=O) groups is 5. The number of amides is 3. The summed E-state index contributed by atoms with van der Waals surface area (Å²) < 4.78 is 0. The Morgan fingerprint density at radius 1 is 0.923 bits per heavy atom. The molecule has 0 aliphatic heterocycles. The highest BCUT2D eigenvalue weighted by molar-refractivity contribution is 5.95. The summed E-state index contributed by atoms with van der Waals surface area (Å²) in [5, 5.41) is 44.6. The molecule has 0 bridgehead atoms. The van der Waals surface area contributed by atoms with Crippen molar-refractivity contribution in [1.82, 2.24) is 16.0 Å². The molecule has 3 amide bonds. The Morgan fingerprint density at radius 2 is 1.51 bits per heavy atom. The van der Waals surface area contributed by atoms with Crippen molar-refractivity contribution in [3.05, 3.63) is 29.8 Å². The molecule has 0 saturated heterocycles. The van der Waals surface area contributed by atoms with E-state index in [1.807, 2.05) is 0 Å². The van der Waals surface area contributed by atoms with Crippen LogP contribution in [0.4, 0.5) is 0 Å². The van der Waals surface area contributed by atoms with Crippen molar-refractivity contribution in [1.29, 1.82) is 0 Å². The van der Waals surface area contributed by atoms with Gasteiger partial charge in [0.2, 0.25) is 17.7 Å². The highest BCUT2D eigenvalue weighted by Crippen LogP contribution is 2.11. The van der Waals surface area contributed by atoms with Gasteiger partial charge in [0.25, 0.3) is 0 Å². The largest absolute Gasteiger partial charge is 0.508 e. The third-order valence-electron chi connectivity index (χ3n) is 5.36. The second kappa shape index (κ2) is 15.7. The van der Waals surface area contributed by atoms with Crippen LogP contribution < -0.4 is 33.2 Å². The van der Waals surface area contributed by atoms with Crippen molar-refractivity contribution in [2.24, 2.45) is 22.2 Å². The number of carboxylic acids is 2. The zero-order valence-corrected chi connectivity index (χ0v) is 21.2. The maximum Gasteiger partial charge on any atom is 0.326 e. The summed E-state index contributed by atoms with van der Waals surface area (Å²) in [4.78, 5) is 64.7. The molecule has 0 aliphatic carbocycles. The summed E-state index contributed by atoms with van der Waals surface area (Å²) in [6.07, 6.45) is -2.30. The molecule has 39 heavy (non-hydrogen) atoms. The van der Waals surface area contributed by atoms with Gasteiger partial charge < -0.3 is 53.6 Å². The maximum atomic E-state index is 12.8. The Morgan fingerprint density at radius 3 is 2.03 bits per heavy atom. The predicted octanol–water partition coefficient (Wildman–Crippen LogP) is -3.29. The highest BCUT2D eigenvalue weighted by Gasteiger charge is 2.33. The van der Waals surface area contributed by atoms with E-state index in [1.54, 1.807) is 12.1 Å². The second-order valence-electron chi connectivity index (χ2n) is 8.71. The summed E-state index contributed by atoms with van der Waals surface area (Å²) in [6, 6.07) is -0.0664. The Hall–Kier alpha value is -4.44. The quantitative estimate of drug-likeness (QED) is 0.0547. The normalized spacial score (nSPS) is 14.5. The van der Waals surface area contributed by atoms with Gasteiger partial charge in [-0.05, 0) is 43.9 Å². The van der Waals surface area contributed by atoms with Gasteiger partial charge in [-0.1, -0.05) is 12.1 Å². The van der Waals surface area contributed by atoms with Gasteiger partial charge in [0.1, 0.15) is 23.9 Å². The molecule has 0 aliphatic rings. The summed E-state index contributed by atoms with van der Waals surface area (Å²) >= 11 is 0. The van der Waals surface area contributed by atoms with Crippen LogP contribution in [-0.2, 0) is 30.4 Å². The van der Waals surface area contributed by atoms with Gasteiger partial charge >= 0.3 is 11.9 Å². The molecule has 216 valence electrons. The number of aliphatic imine (C=N–C) groups is 1. The van der Waals surface area contributed by atoms with Crippen molar-refractivity contribution in [3.8, 4) is 5.75 Å². The minimum atomic E-state index is -1.74. The number of nitrogens with one attached hydrogen (secondary N) is 3. The fourth-order valence-corrected chi connectivity index (χ4v) is 3.32. The third kappa shape index (κ3) is 12.1. The van der Waals surface area contributed by atoms with E-state index in [0.717, 1.165) is 0 Å². The van der Waals surface area contributed by atoms with Crippen molar-refractivity contribution in [2.75, 3.05) is 6.54 Å². The summed E-state index contributed by atoms with van der Waals surface area (Å²) in [6.45, 7) is 1.27. The summed E-state index contributed by atoms with van der Waals surface area (Å²) in [5.74, 6) is -6.11. The number of rotatable bonds is 16. The van der Waals surface area contributed by atoms with Crippen LogP contribution in [0.3, 0.4) is 0 Å². The SMILES string of the molecule is CC(O)C(NC(=O)C(N)Cc1ccc(O)cc1)C(=O)NC(CC(=O)O)C(=O)NC(CCCN=C(N)N)C(=O)O. The number of aliphatic carboxylic acids is 2. The van der Waals surface area contributed by atoms with E-state index in [0.29, 0.717) is 5.56 Å². The number of phenolic OH excluding ortho intramolecular Hbond substituents is 1. The van der Waals surface area contributed by atoms with Crippen LogP contribution >= 0.6 is 0 Å². The standard InChI is InChI=1S/C23H35N7O9/c1-11(31)18(30-19(35)14(24)9-12-4-6-13(32)7-5-12)21(37)29-16(10-17(33)34)20(36)28-15(22(38)39)3-2-8-27-23(25)26/h4-7,11,14-16,18,31-32H,2-3,8-10,24H2,1H3,(H,28,36)(H,29,37)(H,30,35)(H,33,34)(H,38,39)(H4,25,26,27). The molecular formula is C23H35N7O9. The van der Waals surface area contributed by atoms with E-state index in [1.165, 1.54) is 19.1 Å². The molecule has 0 aromatic heterocycles. The average Bonchev–Trinajstić information content (AvgIpc) is 2.84. The Labute approximate surface area is 223 Å². The Balaban J connectivity index is 2.91. The van der Waals surface area contributed by atoms with E-state index in [2.05, 4.69) is 20.9 Å². The van der Waals surface area contributed by atoms with E-state index >= 15 is 0 Å². The van der Waals surface area contributed by atoms with Crippen LogP contribution in [0.5, 0.6) is 5.75 Å². The van der Waals surface area contributed by atoms with Gasteiger partial charge in [0, 0.05) is 6.54 Å². The maximum absolute atomic E-state index is 12.8. The lowest BCUT2D eigenvalue weighted by atomic mass is 10.0. The number of carboxylic acid groups (broad SMARTS) is 2. The zero-order chi connectivity index (χ0) is 29.7. The summed E-state index contributed by atoms with van der Waals surface area (Å²) in [5.41, 5.74) is 16.9. The molecular weight excluding hydrogens is 518 g/mol. The number of nitrogens with zero attached hydrogens (tertiary/aromatic N) is 1. The van der Waals surface area contributed by atoms with Crippen LogP contribution in [-0.4, -0.2) is 92.9 Å². The number of hydrogen-bond acceptors (Lipinski definition) is 9. The molecule has 0 heterocycles. The lowest BCUT2D eigenvalue weighted by Gasteiger charge is -2.26. The molecule has 1 rings (SSSR count). The van der Waals surface area contributed by atoms with Crippen LogP contribution in [0.25, 0.3) is 0 Å². The fraction of sp³-hybridized carbons (Fsp3) is 0.478. The number of nitrogens with two attached hydrogens (primary N) is 3. The van der Waals surface area contributed by atoms with E-state index in [-0.39, 0.29) is 37.5 Å². The van der Waals surface area contributed by atoms with Gasteiger partial charge in [-0.3, -0.25) is 24.2 Å². The molecule has 0 fully saturated rings. The zero-order valence-electron chi connectivity index (χ0n) is 21.2. The molecule has 0 saturated carbocycles. The minimum Gasteiger partial charge on any atom is -0.508 e. The number of hydrogen-bond donors (Lipinski definition) is 10. The molecule has 5 atom stereocenters. The lowest BCUT2D eigenvalue weighted by Crippen LogP contribution is -2.60. The first kappa shape index (κ1) is 32.6. The Kier molecular flexibility index (Phi) is 13.1. The van der Waals surface area contributed by atoms with E-state index < -0.39 is 66.4 Å². The van der Waals surface area contributed by atoms with Gasteiger partial charge in [0.05, 0.1) is 18.6 Å². The molecule has 5 unspecified atom stereocenters. The van der Waals surface area contributed by atoms with Gasteiger partial charge in [0.15, 0.2) is 5.96 Å². The van der Waals surface area contributed by atoms with Crippen LogP contribution in [0.1, 0.15) is 31.7 Å². The topological polar surface area (TPSA) is 293 Å². The molecule has 1 aromatic rings. The van der Waals surface area contributed by atoms with Gasteiger partial charge in [-0.2, -0.15) is 0 Å². The van der Waals surface area contributed by atoms with Crippen LogP contribution in [0.2, 0.25) is 0 Å². The monoisotopic (exact) mass is 553 g/mol. The lowest BCUT2D eigenvalue weighted by molar-refractivity contribution is -0.144. The second-order valence-corrected chi connectivity index (χ2v) is 8.71. The molecule has 1 aromatic carbocycles. The highest BCUT2D eigenvalue weighted by atomic mass is 16.4. The van der Waals surface area contributed by atoms with Gasteiger partial charge in [-0.25, -0.2) is 4.79 Å². The molecule has 13 N–H and O–H groups in total. The average molecular weight is 554 g/mol. The van der Waals surface area contributed by atoms with E-state index in [9.17, 15) is 44.4 Å². The predicted molar refractivity (Wildman–Crippen MR) is 137 cm³/mol. The number of guanidine groups is 1. The van der Waals surface area contributed by atoms with Crippen molar-refractivity contribution in [3.63, 3.8) is 0 Å². The summed E-state index contributed by atoms with van der Waals surface area (Å²) in [7, 11) is 0. The van der Waals surface area contributed by atoms with Crippen molar-refractivity contribution in [2.45, 2.75) is 62.9 Å². The smallest absolute Gasteiger partial charge is 0.326 e. The molecule has 0 radical (unpaired) electrons. The third-order valence-corrected chi connectivity index (χ3v) is 5.36. The fourth-order valence-electron chi connectivity index (χ4n) is 3.32. The molecule has 0 spiro atoms. The molecule has 16 nitrogen and oxygen atoms in total. The van der Waals surface area contributed by atoms with Crippen LogP contribution in [0.15, 0.2) is 29.3 Å². The number of aliphatic hydroxyl groups excluding tert-OH is 1. The minimum absolute atomic E-state index is 0.0168. The van der Waals surface area contributed by atoms with Crippen molar-refractivity contribution >= 4 is 35.6 Å². The van der Waals surface area contributed by atoms with E-state index in [4.69, 9.17) is 17.2 Å². The van der Waals surface area contributed by atoms with Crippen molar-refractivity contribution < 1.29 is 44.4 Å². The number of phenols is 1. The van der Waals surface area contributed by atoms with Crippen LogP contribution in [0, 0.1) is 0 Å². The Bertz CT molecular complexity index is 1040. The first-order valence-electron chi connectivity index (χ1n) is 11.8. The first-order valence-corrected chi connectivity index (χ1v) is 11.8. The number of aromatic hydroxyl groups is 1.